The van der Waals surface area contributed by atoms with E-state index >= 15 is 0 Å². The number of piperidine rings is 1. The molecular weight excluding hydrogens is 198 g/mol. The lowest BCUT2D eigenvalue weighted by molar-refractivity contribution is -0.132. The summed E-state index contributed by atoms with van der Waals surface area (Å²) in [6.45, 7) is 13.4. The summed E-state index contributed by atoms with van der Waals surface area (Å²) in [6, 6.07) is 0.355. The van der Waals surface area contributed by atoms with Crippen LogP contribution in [-0.4, -0.2) is 11.9 Å². The Morgan fingerprint density at radius 3 is 2.44 bits per heavy atom. The molecule has 2 heteroatoms. The van der Waals surface area contributed by atoms with Crippen molar-refractivity contribution in [3.63, 3.8) is 0 Å². The molecule has 0 bridgehead atoms. The van der Waals surface area contributed by atoms with Crippen LogP contribution in [0, 0.1) is 22.2 Å². The van der Waals surface area contributed by atoms with E-state index in [1.165, 1.54) is 0 Å². The van der Waals surface area contributed by atoms with Crippen LogP contribution in [0.2, 0.25) is 0 Å². The van der Waals surface area contributed by atoms with Gasteiger partial charge in [0.1, 0.15) is 0 Å². The molecule has 2 fully saturated rings. The molecule has 1 N–H and O–H groups in total. The monoisotopic (exact) mass is 223 g/mol. The van der Waals surface area contributed by atoms with E-state index in [0.717, 1.165) is 12.8 Å². The Morgan fingerprint density at radius 2 is 1.94 bits per heavy atom. The van der Waals surface area contributed by atoms with Crippen molar-refractivity contribution in [2.75, 3.05) is 0 Å². The minimum Gasteiger partial charge on any atom is -0.353 e. The molecule has 0 aromatic carbocycles. The zero-order valence-corrected chi connectivity index (χ0v) is 11.5. The highest BCUT2D eigenvalue weighted by atomic mass is 16.2. The predicted molar refractivity (Wildman–Crippen MR) is 66.0 cm³/mol. The van der Waals surface area contributed by atoms with Crippen molar-refractivity contribution in [2.45, 2.75) is 60.4 Å². The number of carbonyl (C=O) groups is 1. The van der Waals surface area contributed by atoms with Gasteiger partial charge in [0.2, 0.25) is 5.91 Å². The number of hydrogen-bond acceptors (Lipinski definition) is 1. The van der Waals surface area contributed by atoms with Gasteiger partial charge in [-0.25, -0.2) is 0 Å². The Morgan fingerprint density at radius 1 is 1.38 bits per heavy atom. The molecule has 1 amide bonds. The Kier molecular flexibility index (Phi) is 2.26. The lowest BCUT2D eigenvalue weighted by Gasteiger charge is -2.40. The van der Waals surface area contributed by atoms with Crippen LogP contribution in [0.4, 0.5) is 0 Å². The van der Waals surface area contributed by atoms with Crippen molar-refractivity contribution in [3.8, 4) is 0 Å². The molecule has 4 atom stereocenters. The average Bonchev–Trinajstić information content (AvgIpc) is 2.67. The van der Waals surface area contributed by atoms with Crippen molar-refractivity contribution in [1.82, 2.24) is 5.32 Å². The van der Waals surface area contributed by atoms with E-state index in [9.17, 15) is 4.79 Å². The van der Waals surface area contributed by atoms with Gasteiger partial charge < -0.3 is 5.32 Å². The van der Waals surface area contributed by atoms with E-state index in [2.05, 4.69) is 46.9 Å². The summed E-state index contributed by atoms with van der Waals surface area (Å²) in [6.07, 6.45) is 2.14. The first-order valence-electron chi connectivity index (χ1n) is 6.41. The number of fused-ring (bicyclic) bond motifs is 1. The third-order valence-electron chi connectivity index (χ3n) is 5.11. The summed E-state index contributed by atoms with van der Waals surface area (Å²) in [5.74, 6) is 0.872. The van der Waals surface area contributed by atoms with Gasteiger partial charge in [0, 0.05) is 6.04 Å². The fourth-order valence-corrected chi connectivity index (χ4v) is 3.48. The quantitative estimate of drug-likeness (QED) is 0.727. The van der Waals surface area contributed by atoms with Crippen LogP contribution in [0.25, 0.3) is 0 Å². The summed E-state index contributed by atoms with van der Waals surface area (Å²) >= 11 is 0. The highest BCUT2D eigenvalue weighted by Crippen LogP contribution is 2.70. The van der Waals surface area contributed by atoms with Crippen LogP contribution in [-0.2, 0) is 4.79 Å². The smallest absolute Gasteiger partial charge is 0.226 e. The summed E-state index contributed by atoms with van der Waals surface area (Å²) in [5, 5.41) is 3.24. The molecule has 1 saturated heterocycles. The van der Waals surface area contributed by atoms with Gasteiger partial charge in [-0.15, -0.1) is 0 Å². The van der Waals surface area contributed by atoms with Gasteiger partial charge in [-0.3, -0.25) is 4.79 Å². The molecule has 2 nitrogen and oxygen atoms in total. The number of hydrogen-bond donors (Lipinski definition) is 1. The second kappa shape index (κ2) is 3.02. The van der Waals surface area contributed by atoms with E-state index in [4.69, 9.17) is 0 Å². The summed E-state index contributed by atoms with van der Waals surface area (Å²) in [4.78, 5) is 12.1. The zero-order valence-electron chi connectivity index (χ0n) is 11.5. The normalized spacial score (nSPS) is 47.2. The molecule has 4 unspecified atom stereocenters. The molecule has 0 radical (unpaired) electrons. The highest BCUT2D eigenvalue weighted by molar-refractivity contribution is 5.88. The van der Waals surface area contributed by atoms with Crippen molar-refractivity contribution in [3.05, 3.63) is 0 Å². The van der Waals surface area contributed by atoms with Gasteiger partial charge in [-0.2, -0.15) is 0 Å². The van der Waals surface area contributed by atoms with Crippen molar-refractivity contribution >= 4 is 5.91 Å². The predicted octanol–water partition coefficient (Wildman–Crippen LogP) is 2.97. The number of carbonyl (C=O) groups excluding carboxylic acids is 1. The van der Waals surface area contributed by atoms with Crippen LogP contribution in [0.1, 0.15) is 54.4 Å². The fourth-order valence-electron chi connectivity index (χ4n) is 3.48. The number of rotatable bonds is 1. The SMILES string of the molecule is CC1C(CC(C)(C)C)NC(=O)C2(C)CC12C. The fraction of sp³-hybridized carbons (Fsp3) is 0.929. The maximum Gasteiger partial charge on any atom is 0.226 e. The van der Waals surface area contributed by atoms with Gasteiger partial charge in [0.15, 0.2) is 0 Å². The van der Waals surface area contributed by atoms with Crippen LogP contribution >= 0.6 is 0 Å². The second-order valence-corrected chi connectivity index (χ2v) is 7.56. The molecule has 2 aliphatic rings. The average molecular weight is 223 g/mol. The first-order chi connectivity index (χ1) is 7.10. The summed E-state index contributed by atoms with van der Waals surface area (Å²) < 4.78 is 0. The third kappa shape index (κ3) is 1.49. The summed E-state index contributed by atoms with van der Waals surface area (Å²) in [7, 11) is 0. The van der Waals surface area contributed by atoms with E-state index in [1.54, 1.807) is 0 Å². The zero-order chi connectivity index (χ0) is 12.4. The van der Waals surface area contributed by atoms with Crippen molar-refractivity contribution < 1.29 is 4.79 Å². The van der Waals surface area contributed by atoms with Gasteiger partial charge in [0.25, 0.3) is 0 Å². The van der Waals surface area contributed by atoms with Gasteiger partial charge in [-0.1, -0.05) is 41.5 Å². The molecular formula is C14H25NO. The van der Waals surface area contributed by atoms with E-state index in [0.29, 0.717) is 12.0 Å². The molecule has 1 aliphatic carbocycles. The first kappa shape index (κ1) is 11.9. The Hall–Kier alpha value is -0.530. The van der Waals surface area contributed by atoms with E-state index in [-0.39, 0.29) is 22.2 Å². The molecule has 16 heavy (non-hydrogen) atoms. The van der Waals surface area contributed by atoms with Crippen LogP contribution in [0.15, 0.2) is 0 Å². The van der Waals surface area contributed by atoms with Crippen LogP contribution in [0.3, 0.4) is 0 Å². The maximum absolute atomic E-state index is 12.1. The van der Waals surface area contributed by atoms with Crippen molar-refractivity contribution in [2.24, 2.45) is 22.2 Å². The van der Waals surface area contributed by atoms with Gasteiger partial charge >= 0.3 is 0 Å². The Bertz CT molecular complexity index is 330. The van der Waals surface area contributed by atoms with Crippen molar-refractivity contribution in [1.29, 1.82) is 0 Å². The van der Waals surface area contributed by atoms with Crippen LogP contribution < -0.4 is 5.32 Å². The molecule has 0 aromatic rings. The minimum absolute atomic E-state index is 0.0825. The molecule has 2 rings (SSSR count). The van der Waals surface area contributed by atoms with Crippen LogP contribution in [0.5, 0.6) is 0 Å². The molecule has 1 saturated carbocycles. The van der Waals surface area contributed by atoms with Gasteiger partial charge in [0.05, 0.1) is 5.41 Å². The lowest BCUT2D eigenvalue weighted by atomic mass is 9.72. The summed E-state index contributed by atoms with van der Waals surface area (Å²) in [5.41, 5.74) is 0.442. The number of nitrogens with one attached hydrogen (secondary N) is 1. The Balaban J connectivity index is 2.17. The molecule has 0 aromatic heterocycles. The minimum atomic E-state index is -0.0825. The molecule has 92 valence electrons. The van der Waals surface area contributed by atoms with E-state index < -0.39 is 0 Å². The maximum atomic E-state index is 12.1. The van der Waals surface area contributed by atoms with E-state index in [1.807, 2.05) is 0 Å². The third-order valence-corrected chi connectivity index (χ3v) is 5.11. The topological polar surface area (TPSA) is 29.1 Å². The highest BCUT2D eigenvalue weighted by Gasteiger charge is 2.71. The largest absolute Gasteiger partial charge is 0.353 e. The first-order valence-corrected chi connectivity index (χ1v) is 6.41. The number of amides is 1. The second-order valence-electron chi connectivity index (χ2n) is 7.56. The lowest BCUT2D eigenvalue weighted by Crippen LogP contribution is -2.53. The molecule has 1 aliphatic heterocycles. The molecule has 0 spiro atoms. The molecule has 1 heterocycles. The standard InChI is InChI=1S/C14H25NO/c1-9-10(7-12(2,3)4)15-11(16)14(6)8-13(9,14)5/h9-10H,7-8H2,1-6H3,(H,15,16). The van der Waals surface area contributed by atoms with Gasteiger partial charge in [-0.05, 0) is 29.6 Å². The Labute approximate surface area is 99.2 Å².